The summed E-state index contributed by atoms with van der Waals surface area (Å²) < 4.78 is 23.1. The van der Waals surface area contributed by atoms with Gasteiger partial charge in [0, 0.05) is 5.57 Å². The quantitative estimate of drug-likeness (QED) is 0.646. The van der Waals surface area contributed by atoms with Gasteiger partial charge in [-0.3, -0.25) is 4.79 Å². The van der Waals surface area contributed by atoms with Crippen LogP contribution in [0.1, 0.15) is 17.3 Å². The Hall–Kier alpha value is -2.37. The topological polar surface area (TPSA) is 78.6 Å². The summed E-state index contributed by atoms with van der Waals surface area (Å²) >= 11 is 0. The van der Waals surface area contributed by atoms with E-state index >= 15 is 0 Å². The van der Waals surface area contributed by atoms with E-state index in [0.29, 0.717) is 5.57 Å². The maximum atomic E-state index is 13.4. The molecule has 0 aliphatic heterocycles. The van der Waals surface area contributed by atoms with E-state index in [1.54, 1.807) is 6.92 Å². The highest BCUT2D eigenvalue weighted by Crippen LogP contribution is 2.20. The lowest BCUT2D eigenvalue weighted by molar-refractivity contribution is -0.136. The summed E-state index contributed by atoms with van der Waals surface area (Å²) in [6.45, 7) is 1.54. The van der Waals surface area contributed by atoms with Gasteiger partial charge in [0.1, 0.15) is 23.7 Å². The first-order valence-corrected chi connectivity index (χ1v) is 5.43. The zero-order chi connectivity index (χ0) is 14.4. The van der Waals surface area contributed by atoms with Crippen molar-refractivity contribution in [2.45, 2.75) is 6.92 Å². The smallest absolute Gasteiger partial charge is 0.333 e. The third-order valence-corrected chi connectivity index (χ3v) is 2.36. The van der Waals surface area contributed by atoms with Gasteiger partial charge in [0.05, 0.1) is 7.11 Å². The molecule has 19 heavy (non-hydrogen) atoms. The second-order valence-corrected chi connectivity index (χ2v) is 3.67. The van der Waals surface area contributed by atoms with Crippen LogP contribution in [0, 0.1) is 5.82 Å². The summed E-state index contributed by atoms with van der Waals surface area (Å²) in [4.78, 5) is 22.2. The normalized spacial score (nSPS) is 11.0. The molecule has 0 spiro atoms. The minimum atomic E-state index is -0.915. The highest BCUT2D eigenvalue weighted by atomic mass is 19.1. The maximum absolute atomic E-state index is 13.4. The fourth-order valence-corrected chi connectivity index (χ4v) is 1.36. The van der Waals surface area contributed by atoms with Crippen LogP contribution >= 0.6 is 0 Å². The molecule has 5 nitrogen and oxygen atoms in total. The molecule has 102 valence electrons. The zero-order valence-corrected chi connectivity index (χ0v) is 10.6. The number of carbonyl (C=O) groups excluding carboxylic acids is 2. The molecule has 0 unspecified atom stereocenters. The molecule has 0 aliphatic carbocycles. The Morgan fingerprint density at radius 1 is 1.42 bits per heavy atom. The largest absolute Gasteiger partial charge is 0.489 e. The van der Waals surface area contributed by atoms with Crippen LogP contribution in [0.15, 0.2) is 29.8 Å². The molecule has 1 rings (SSSR count). The van der Waals surface area contributed by atoms with Crippen LogP contribution in [0.4, 0.5) is 4.39 Å². The van der Waals surface area contributed by atoms with Gasteiger partial charge in [-0.2, -0.15) is 0 Å². The molecule has 0 bridgehead atoms. The van der Waals surface area contributed by atoms with Crippen LogP contribution in [-0.2, 0) is 9.53 Å². The van der Waals surface area contributed by atoms with Crippen molar-refractivity contribution in [3.05, 3.63) is 41.2 Å². The van der Waals surface area contributed by atoms with Crippen molar-refractivity contribution in [3.8, 4) is 5.75 Å². The third kappa shape index (κ3) is 3.80. The molecule has 0 fully saturated rings. The second-order valence-electron chi connectivity index (χ2n) is 3.67. The van der Waals surface area contributed by atoms with Crippen LogP contribution in [0.2, 0.25) is 0 Å². The van der Waals surface area contributed by atoms with Gasteiger partial charge in [-0.25, -0.2) is 9.18 Å². The number of halogens is 1. The number of hydrogen-bond donors (Lipinski definition) is 1. The lowest BCUT2D eigenvalue weighted by Gasteiger charge is -2.08. The fraction of sp³-hybridized carbons (Fsp3) is 0.231. The molecule has 0 heterocycles. The minimum Gasteiger partial charge on any atom is -0.489 e. The monoisotopic (exact) mass is 267 g/mol. The standard InChI is InChI=1S/C13H14FNO4/c1-8(13(17)18-2)6-7-19-10-5-3-4-9(14)11(10)12(15)16/h3-6H,7H2,1-2H3,(H2,15,16). The number of esters is 1. The van der Waals surface area contributed by atoms with Crippen molar-refractivity contribution in [2.24, 2.45) is 5.73 Å². The van der Waals surface area contributed by atoms with Crippen molar-refractivity contribution < 1.29 is 23.5 Å². The molecular weight excluding hydrogens is 253 g/mol. The number of ether oxygens (including phenoxy) is 2. The fourth-order valence-electron chi connectivity index (χ4n) is 1.36. The van der Waals surface area contributed by atoms with Gasteiger partial charge in [-0.1, -0.05) is 6.07 Å². The molecule has 0 aromatic heterocycles. The summed E-state index contributed by atoms with van der Waals surface area (Å²) in [5.41, 5.74) is 5.10. The number of benzene rings is 1. The lowest BCUT2D eigenvalue weighted by atomic mass is 10.2. The predicted molar refractivity (Wildman–Crippen MR) is 66.2 cm³/mol. The molecule has 1 aromatic rings. The molecule has 1 aromatic carbocycles. The van der Waals surface area contributed by atoms with Crippen LogP contribution in [0.5, 0.6) is 5.75 Å². The molecule has 1 amide bonds. The number of hydrogen-bond acceptors (Lipinski definition) is 4. The molecule has 2 N–H and O–H groups in total. The second kappa shape index (κ2) is 6.53. The SMILES string of the molecule is COC(=O)C(C)=CCOc1cccc(F)c1C(N)=O. The van der Waals surface area contributed by atoms with Gasteiger partial charge in [0.25, 0.3) is 5.91 Å². The van der Waals surface area contributed by atoms with Gasteiger partial charge in [0.15, 0.2) is 0 Å². The summed E-state index contributed by atoms with van der Waals surface area (Å²) in [5.74, 6) is -2.13. The summed E-state index contributed by atoms with van der Waals surface area (Å²) in [6.07, 6.45) is 1.46. The zero-order valence-electron chi connectivity index (χ0n) is 10.6. The van der Waals surface area contributed by atoms with E-state index < -0.39 is 17.7 Å². The van der Waals surface area contributed by atoms with Gasteiger partial charge in [0.2, 0.25) is 0 Å². The van der Waals surface area contributed by atoms with Crippen molar-refractivity contribution >= 4 is 11.9 Å². The number of rotatable bonds is 5. The van der Waals surface area contributed by atoms with E-state index in [2.05, 4.69) is 4.74 Å². The van der Waals surface area contributed by atoms with Crippen LogP contribution in [0.25, 0.3) is 0 Å². The van der Waals surface area contributed by atoms with E-state index in [9.17, 15) is 14.0 Å². The summed E-state index contributed by atoms with van der Waals surface area (Å²) in [7, 11) is 1.26. The van der Waals surface area contributed by atoms with E-state index in [0.717, 1.165) is 6.07 Å². The van der Waals surface area contributed by atoms with E-state index in [1.807, 2.05) is 0 Å². The molecule has 0 aliphatic rings. The molecule has 6 heteroatoms. The Balaban J connectivity index is 2.82. The van der Waals surface area contributed by atoms with E-state index in [-0.39, 0.29) is 17.9 Å². The molecule has 0 saturated carbocycles. The maximum Gasteiger partial charge on any atom is 0.333 e. The Morgan fingerprint density at radius 3 is 2.68 bits per heavy atom. The third-order valence-electron chi connectivity index (χ3n) is 2.36. The predicted octanol–water partition coefficient (Wildman–Crippen LogP) is 1.42. The van der Waals surface area contributed by atoms with Crippen molar-refractivity contribution in [2.75, 3.05) is 13.7 Å². The highest BCUT2D eigenvalue weighted by Gasteiger charge is 2.14. The molecule has 0 radical (unpaired) electrons. The minimum absolute atomic E-state index is 0.00926. The first-order chi connectivity index (χ1) is 8.97. The van der Waals surface area contributed by atoms with Crippen molar-refractivity contribution in [1.29, 1.82) is 0 Å². The van der Waals surface area contributed by atoms with Gasteiger partial charge < -0.3 is 15.2 Å². The number of carbonyl (C=O) groups is 2. The summed E-state index contributed by atoms with van der Waals surface area (Å²) in [6, 6.07) is 3.93. The molecular formula is C13H14FNO4. The van der Waals surface area contributed by atoms with E-state index in [1.165, 1.54) is 25.3 Å². The van der Waals surface area contributed by atoms with Crippen LogP contribution in [-0.4, -0.2) is 25.6 Å². The van der Waals surface area contributed by atoms with Crippen LogP contribution in [0.3, 0.4) is 0 Å². The summed E-state index contributed by atoms with van der Waals surface area (Å²) in [5, 5.41) is 0. The Labute approximate surface area is 109 Å². The van der Waals surface area contributed by atoms with Gasteiger partial charge in [-0.05, 0) is 25.1 Å². The Bertz CT molecular complexity index is 525. The lowest BCUT2D eigenvalue weighted by Crippen LogP contribution is -2.15. The number of methoxy groups -OCH3 is 1. The average molecular weight is 267 g/mol. The average Bonchev–Trinajstić information content (AvgIpc) is 2.37. The first kappa shape index (κ1) is 14.7. The van der Waals surface area contributed by atoms with Crippen molar-refractivity contribution in [3.63, 3.8) is 0 Å². The van der Waals surface area contributed by atoms with Gasteiger partial charge in [-0.15, -0.1) is 0 Å². The Kier molecular flexibility index (Phi) is 5.05. The van der Waals surface area contributed by atoms with Gasteiger partial charge >= 0.3 is 5.97 Å². The number of nitrogens with two attached hydrogens (primary N) is 1. The number of primary amides is 1. The Morgan fingerprint density at radius 2 is 2.11 bits per heavy atom. The van der Waals surface area contributed by atoms with Crippen molar-refractivity contribution in [1.82, 2.24) is 0 Å². The van der Waals surface area contributed by atoms with E-state index in [4.69, 9.17) is 10.5 Å². The number of amides is 1. The first-order valence-electron chi connectivity index (χ1n) is 5.43. The molecule has 0 saturated heterocycles. The van der Waals surface area contributed by atoms with Crippen LogP contribution < -0.4 is 10.5 Å². The molecule has 0 atom stereocenters. The highest BCUT2D eigenvalue weighted by molar-refractivity contribution is 5.95.